The first-order valence-corrected chi connectivity index (χ1v) is 7.02. The first-order valence-electron chi connectivity index (χ1n) is 7.02. The summed E-state index contributed by atoms with van der Waals surface area (Å²) in [5.41, 5.74) is 0.188. The van der Waals surface area contributed by atoms with Gasteiger partial charge in [0.2, 0.25) is 0 Å². The quantitative estimate of drug-likeness (QED) is 0.720. The van der Waals surface area contributed by atoms with Crippen LogP contribution in [0, 0.1) is 11.7 Å². The van der Waals surface area contributed by atoms with Gasteiger partial charge in [-0.3, -0.25) is 0 Å². The van der Waals surface area contributed by atoms with Crippen molar-refractivity contribution in [3.05, 3.63) is 35.6 Å². The SMILES string of the molecule is CCC(CC)CNC(=O)NCC(O)c1ccccc1F. The molecule has 1 rings (SSSR count). The van der Waals surface area contributed by atoms with E-state index in [1.165, 1.54) is 12.1 Å². The number of hydrogen-bond donors (Lipinski definition) is 3. The fraction of sp³-hybridized carbons (Fsp3) is 0.533. The summed E-state index contributed by atoms with van der Waals surface area (Å²) in [4.78, 5) is 11.6. The molecule has 0 spiro atoms. The van der Waals surface area contributed by atoms with Crippen molar-refractivity contribution < 1.29 is 14.3 Å². The van der Waals surface area contributed by atoms with Gasteiger partial charge in [-0.25, -0.2) is 9.18 Å². The van der Waals surface area contributed by atoms with Crippen LogP contribution < -0.4 is 10.6 Å². The van der Waals surface area contributed by atoms with Gasteiger partial charge in [-0.15, -0.1) is 0 Å². The Hall–Kier alpha value is -1.62. The third-order valence-electron chi connectivity index (χ3n) is 3.43. The van der Waals surface area contributed by atoms with Crippen molar-refractivity contribution in [1.29, 1.82) is 0 Å². The number of urea groups is 1. The van der Waals surface area contributed by atoms with Crippen LogP contribution in [0.1, 0.15) is 38.4 Å². The minimum absolute atomic E-state index is 0.0182. The number of benzene rings is 1. The van der Waals surface area contributed by atoms with E-state index in [9.17, 15) is 14.3 Å². The van der Waals surface area contributed by atoms with Crippen LogP contribution in [-0.4, -0.2) is 24.2 Å². The molecule has 2 amide bonds. The van der Waals surface area contributed by atoms with Crippen LogP contribution in [0.2, 0.25) is 0 Å². The zero-order valence-electron chi connectivity index (χ0n) is 12.0. The van der Waals surface area contributed by atoms with E-state index in [1.54, 1.807) is 12.1 Å². The maximum Gasteiger partial charge on any atom is 0.314 e. The predicted octanol–water partition coefficient (Wildman–Crippen LogP) is 2.59. The van der Waals surface area contributed by atoms with Gasteiger partial charge in [0.25, 0.3) is 0 Å². The van der Waals surface area contributed by atoms with Gasteiger partial charge < -0.3 is 15.7 Å². The smallest absolute Gasteiger partial charge is 0.314 e. The Balaban J connectivity index is 2.36. The molecule has 1 aromatic carbocycles. The molecule has 20 heavy (non-hydrogen) atoms. The first kappa shape index (κ1) is 16.4. The molecular weight excluding hydrogens is 259 g/mol. The zero-order chi connectivity index (χ0) is 15.0. The summed E-state index contributed by atoms with van der Waals surface area (Å²) in [5, 5.41) is 15.1. The van der Waals surface area contributed by atoms with E-state index >= 15 is 0 Å². The van der Waals surface area contributed by atoms with E-state index in [0.717, 1.165) is 12.8 Å². The van der Waals surface area contributed by atoms with E-state index in [4.69, 9.17) is 0 Å². The molecule has 5 heteroatoms. The minimum atomic E-state index is -1.05. The molecule has 0 saturated heterocycles. The predicted molar refractivity (Wildman–Crippen MR) is 76.8 cm³/mol. The molecule has 0 heterocycles. The first-order chi connectivity index (χ1) is 9.58. The third-order valence-corrected chi connectivity index (χ3v) is 3.43. The molecule has 3 N–H and O–H groups in total. The fourth-order valence-electron chi connectivity index (χ4n) is 1.92. The number of aliphatic hydroxyl groups excluding tert-OH is 1. The van der Waals surface area contributed by atoms with Gasteiger partial charge in [-0.1, -0.05) is 44.9 Å². The van der Waals surface area contributed by atoms with Crippen LogP contribution in [-0.2, 0) is 0 Å². The number of rotatable bonds is 7. The molecule has 1 atom stereocenters. The van der Waals surface area contributed by atoms with Crippen molar-refractivity contribution in [1.82, 2.24) is 10.6 Å². The van der Waals surface area contributed by atoms with Crippen LogP contribution in [0.25, 0.3) is 0 Å². The van der Waals surface area contributed by atoms with Crippen molar-refractivity contribution in [2.75, 3.05) is 13.1 Å². The van der Waals surface area contributed by atoms with Crippen LogP contribution in [0.3, 0.4) is 0 Å². The summed E-state index contributed by atoms with van der Waals surface area (Å²) in [5.74, 6) is -0.0171. The zero-order valence-corrected chi connectivity index (χ0v) is 12.0. The number of carbonyl (C=O) groups excluding carboxylic acids is 1. The molecule has 0 aromatic heterocycles. The molecule has 1 unspecified atom stereocenters. The molecule has 0 bridgehead atoms. The van der Waals surface area contributed by atoms with Gasteiger partial charge in [0.1, 0.15) is 5.82 Å². The Bertz CT molecular complexity index is 422. The number of carbonyl (C=O) groups is 1. The van der Waals surface area contributed by atoms with Gasteiger partial charge in [-0.05, 0) is 12.0 Å². The number of halogens is 1. The molecule has 4 nitrogen and oxygen atoms in total. The lowest BCUT2D eigenvalue weighted by Gasteiger charge is -2.16. The fourth-order valence-corrected chi connectivity index (χ4v) is 1.92. The van der Waals surface area contributed by atoms with Crippen LogP contribution in [0.15, 0.2) is 24.3 Å². The Morgan fingerprint density at radius 2 is 1.80 bits per heavy atom. The van der Waals surface area contributed by atoms with Gasteiger partial charge in [0.15, 0.2) is 0 Å². The summed E-state index contributed by atoms with van der Waals surface area (Å²) in [6.45, 7) is 4.75. The summed E-state index contributed by atoms with van der Waals surface area (Å²) >= 11 is 0. The monoisotopic (exact) mass is 282 g/mol. The molecule has 0 radical (unpaired) electrons. The number of nitrogens with one attached hydrogen (secondary N) is 2. The van der Waals surface area contributed by atoms with Gasteiger partial charge in [0, 0.05) is 18.7 Å². The Kier molecular flexibility index (Phi) is 7.01. The van der Waals surface area contributed by atoms with Crippen molar-refractivity contribution in [2.45, 2.75) is 32.8 Å². The van der Waals surface area contributed by atoms with Crippen LogP contribution in [0.4, 0.5) is 9.18 Å². The normalized spacial score (nSPS) is 12.2. The van der Waals surface area contributed by atoms with Crippen molar-refractivity contribution in [3.63, 3.8) is 0 Å². The Morgan fingerprint density at radius 1 is 1.20 bits per heavy atom. The number of amides is 2. The molecule has 0 aliphatic carbocycles. The van der Waals surface area contributed by atoms with E-state index in [-0.39, 0.29) is 18.1 Å². The maximum absolute atomic E-state index is 13.4. The molecule has 0 aliphatic rings. The minimum Gasteiger partial charge on any atom is -0.386 e. The average Bonchev–Trinajstić information content (AvgIpc) is 2.46. The molecule has 0 aliphatic heterocycles. The Labute approximate surface area is 119 Å². The summed E-state index contributed by atoms with van der Waals surface area (Å²) in [6.07, 6.45) is 0.971. The van der Waals surface area contributed by atoms with Crippen molar-refractivity contribution in [3.8, 4) is 0 Å². The lowest BCUT2D eigenvalue weighted by molar-refractivity contribution is 0.168. The average molecular weight is 282 g/mol. The number of hydrogen-bond acceptors (Lipinski definition) is 2. The topological polar surface area (TPSA) is 61.4 Å². The van der Waals surface area contributed by atoms with E-state index in [1.807, 2.05) is 0 Å². The summed E-state index contributed by atoms with van der Waals surface area (Å²) in [6, 6.07) is 5.65. The standard InChI is InChI=1S/C15H23FN2O2/c1-3-11(4-2)9-17-15(20)18-10-14(19)12-7-5-6-8-13(12)16/h5-8,11,14,19H,3-4,9-10H2,1-2H3,(H2,17,18,20). The second-order valence-electron chi connectivity index (χ2n) is 4.81. The molecule has 1 aromatic rings. The highest BCUT2D eigenvalue weighted by atomic mass is 19.1. The largest absolute Gasteiger partial charge is 0.386 e. The van der Waals surface area contributed by atoms with Gasteiger partial charge in [0.05, 0.1) is 6.10 Å². The van der Waals surface area contributed by atoms with Crippen molar-refractivity contribution >= 4 is 6.03 Å². The second-order valence-corrected chi connectivity index (χ2v) is 4.81. The van der Waals surface area contributed by atoms with Crippen LogP contribution >= 0.6 is 0 Å². The number of aliphatic hydroxyl groups is 1. The van der Waals surface area contributed by atoms with Gasteiger partial charge >= 0.3 is 6.03 Å². The highest BCUT2D eigenvalue weighted by Crippen LogP contribution is 2.15. The maximum atomic E-state index is 13.4. The Morgan fingerprint density at radius 3 is 2.40 bits per heavy atom. The highest BCUT2D eigenvalue weighted by Gasteiger charge is 2.13. The lowest BCUT2D eigenvalue weighted by atomic mass is 10.0. The summed E-state index contributed by atoms with van der Waals surface area (Å²) < 4.78 is 13.4. The molecular formula is C15H23FN2O2. The lowest BCUT2D eigenvalue weighted by Crippen LogP contribution is -2.40. The van der Waals surface area contributed by atoms with E-state index < -0.39 is 11.9 Å². The highest BCUT2D eigenvalue weighted by molar-refractivity contribution is 5.73. The molecule has 0 saturated carbocycles. The molecule has 112 valence electrons. The second kappa shape index (κ2) is 8.53. The summed E-state index contributed by atoms with van der Waals surface area (Å²) in [7, 11) is 0. The molecule has 0 fully saturated rings. The van der Waals surface area contributed by atoms with Crippen LogP contribution in [0.5, 0.6) is 0 Å². The third kappa shape index (κ3) is 5.17. The van der Waals surface area contributed by atoms with Gasteiger partial charge in [-0.2, -0.15) is 0 Å². The van der Waals surface area contributed by atoms with E-state index in [2.05, 4.69) is 24.5 Å². The van der Waals surface area contributed by atoms with Crippen molar-refractivity contribution in [2.24, 2.45) is 5.92 Å². The van der Waals surface area contributed by atoms with E-state index in [0.29, 0.717) is 12.5 Å².